The summed E-state index contributed by atoms with van der Waals surface area (Å²) in [4.78, 5) is 48.9. The summed E-state index contributed by atoms with van der Waals surface area (Å²) in [5.41, 5.74) is 1.09. The number of ether oxygens (including phenoxy) is 1. The van der Waals surface area contributed by atoms with Gasteiger partial charge in [-0.25, -0.2) is 9.69 Å². The maximum atomic E-state index is 13.1. The van der Waals surface area contributed by atoms with Crippen molar-refractivity contribution in [2.75, 3.05) is 4.90 Å². The Kier molecular flexibility index (Phi) is 7.08. The molecule has 1 fully saturated rings. The van der Waals surface area contributed by atoms with Gasteiger partial charge < -0.3 is 4.74 Å². The van der Waals surface area contributed by atoms with Crippen LogP contribution in [0.1, 0.15) is 11.1 Å². The van der Waals surface area contributed by atoms with E-state index in [9.17, 15) is 24.5 Å². The van der Waals surface area contributed by atoms with Gasteiger partial charge in [-0.2, -0.15) is 0 Å². The summed E-state index contributed by atoms with van der Waals surface area (Å²) in [6.45, 7) is 0.339. The third kappa shape index (κ3) is 5.31. The fourth-order valence-electron chi connectivity index (χ4n) is 3.31. The monoisotopic (exact) mass is 599 g/mol. The number of nitrogens with zero attached hydrogens (tertiary/aromatic N) is 2. The zero-order valence-electron chi connectivity index (χ0n) is 17.7. The molecule has 0 saturated carbocycles. The van der Waals surface area contributed by atoms with E-state index < -0.39 is 22.8 Å². The number of halogens is 2. The number of hydrogen-bond donors (Lipinski definition) is 1. The molecule has 9 nitrogen and oxygen atoms in total. The number of rotatable bonds is 6. The van der Waals surface area contributed by atoms with Crippen LogP contribution in [0.4, 0.5) is 16.2 Å². The number of benzene rings is 3. The van der Waals surface area contributed by atoms with Gasteiger partial charge in [-0.3, -0.25) is 25.0 Å². The first-order valence-electron chi connectivity index (χ1n) is 10.1. The fraction of sp³-hybridized carbons (Fsp3) is 0.0417. The van der Waals surface area contributed by atoms with Crippen LogP contribution in [0.15, 0.2) is 81.2 Å². The summed E-state index contributed by atoms with van der Waals surface area (Å²) in [6, 6.07) is 16.9. The number of carbonyl (C=O) groups is 3. The number of non-ortho nitro benzene ring substituents is 1. The minimum Gasteiger partial charge on any atom is -0.487 e. The van der Waals surface area contributed by atoms with Gasteiger partial charge in [-0.1, -0.05) is 30.3 Å². The summed E-state index contributed by atoms with van der Waals surface area (Å²) >= 11 is 6.91. The molecule has 0 unspecified atom stereocenters. The van der Waals surface area contributed by atoms with E-state index in [4.69, 9.17) is 4.74 Å². The SMILES string of the molecule is O=C1NC(=O)N(c2ccc([N+](=O)[O-])cc2)C(=O)/C1=C/c1cc(Br)c(OCc2ccccc2)c(Br)c1. The number of anilines is 1. The highest BCUT2D eigenvalue weighted by Gasteiger charge is 2.37. The van der Waals surface area contributed by atoms with Crippen LogP contribution in [0, 0.1) is 10.1 Å². The lowest BCUT2D eigenvalue weighted by molar-refractivity contribution is -0.384. The highest BCUT2D eigenvalue weighted by molar-refractivity contribution is 9.11. The van der Waals surface area contributed by atoms with Gasteiger partial charge in [-0.05, 0) is 73.3 Å². The molecule has 3 aromatic rings. The summed E-state index contributed by atoms with van der Waals surface area (Å²) in [5, 5.41) is 13.0. The average molecular weight is 601 g/mol. The molecule has 11 heteroatoms. The summed E-state index contributed by atoms with van der Waals surface area (Å²) in [7, 11) is 0. The molecule has 4 rings (SSSR count). The topological polar surface area (TPSA) is 119 Å². The molecule has 1 N–H and O–H groups in total. The number of barbiturate groups is 1. The molecule has 35 heavy (non-hydrogen) atoms. The average Bonchev–Trinajstić information content (AvgIpc) is 2.82. The lowest BCUT2D eigenvalue weighted by atomic mass is 10.1. The van der Waals surface area contributed by atoms with Gasteiger partial charge in [0.15, 0.2) is 0 Å². The molecule has 0 bridgehead atoms. The van der Waals surface area contributed by atoms with Crippen molar-refractivity contribution in [3.05, 3.63) is 102 Å². The van der Waals surface area contributed by atoms with Gasteiger partial charge in [0.1, 0.15) is 17.9 Å². The predicted molar refractivity (Wildman–Crippen MR) is 135 cm³/mol. The van der Waals surface area contributed by atoms with E-state index in [2.05, 4.69) is 37.2 Å². The summed E-state index contributed by atoms with van der Waals surface area (Å²) in [5.74, 6) is -1.17. The lowest BCUT2D eigenvalue weighted by Gasteiger charge is -2.26. The van der Waals surface area contributed by atoms with E-state index in [0.717, 1.165) is 22.6 Å². The first-order valence-corrected chi connectivity index (χ1v) is 11.6. The van der Waals surface area contributed by atoms with Gasteiger partial charge >= 0.3 is 6.03 Å². The van der Waals surface area contributed by atoms with Crippen molar-refractivity contribution in [1.29, 1.82) is 0 Å². The first kappa shape index (κ1) is 24.3. The predicted octanol–water partition coefficient (Wildman–Crippen LogP) is 5.37. The molecule has 1 heterocycles. The number of nitro groups is 1. The van der Waals surface area contributed by atoms with Crippen molar-refractivity contribution >= 4 is 67.2 Å². The molecule has 176 valence electrons. The van der Waals surface area contributed by atoms with Crippen molar-refractivity contribution in [2.24, 2.45) is 0 Å². The standard InChI is InChI=1S/C24H15Br2N3O6/c25-19-11-15(12-20(26)21(19)35-13-14-4-2-1-3-5-14)10-18-22(30)27-24(32)28(23(18)31)16-6-8-17(9-7-16)29(33)34/h1-12H,13H2,(H,27,30,32)/b18-10+. The van der Waals surface area contributed by atoms with E-state index in [-0.39, 0.29) is 16.9 Å². The fourth-order valence-corrected chi connectivity index (χ4v) is 4.76. The number of hydrogen-bond acceptors (Lipinski definition) is 6. The Labute approximate surface area is 215 Å². The molecule has 3 aromatic carbocycles. The second-order valence-electron chi connectivity index (χ2n) is 7.32. The van der Waals surface area contributed by atoms with E-state index >= 15 is 0 Å². The minimum absolute atomic E-state index is 0.0866. The molecule has 1 saturated heterocycles. The molecule has 4 amide bonds. The number of urea groups is 1. The van der Waals surface area contributed by atoms with Gasteiger partial charge in [0.25, 0.3) is 17.5 Å². The van der Waals surface area contributed by atoms with Crippen molar-refractivity contribution in [1.82, 2.24) is 5.32 Å². The third-order valence-electron chi connectivity index (χ3n) is 4.98. The van der Waals surface area contributed by atoms with Crippen LogP contribution in [-0.4, -0.2) is 22.8 Å². The van der Waals surface area contributed by atoms with Crippen LogP contribution in [0.25, 0.3) is 6.08 Å². The Hall–Kier alpha value is -3.83. The normalized spacial score (nSPS) is 14.7. The maximum absolute atomic E-state index is 13.1. The van der Waals surface area contributed by atoms with Crippen LogP contribution in [0.3, 0.4) is 0 Å². The summed E-state index contributed by atoms with van der Waals surface area (Å²) in [6.07, 6.45) is 1.35. The van der Waals surface area contributed by atoms with E-state index in [1.54, 1.807) is 12.1 Å². The van der Waals surface area contributed by atoms with Gasteiger partial charge in [0, 0.05) is 12.1 Å². The van der Waals surface area contributed by atoms with Gasteiger partial charge in [0.2, 0.25) is 0 Å². The Bertz CT molecular complexity index is 1350. The molecule has 1 aliphatic rings. The molecule has 0 radical (unpaired) electrons. The largest absolute Gasteiger partial charge is 0.487 e. The van der Waals surface area contributed by atoms with E-state index in [0.29, 0.717) is 26.9 Å². The van der Waals surface area contributed by atoms with Crippen molar-refractivity contribution in [2.45, 2.75) is 6.61 Å². The van der Waals surface area contributed by atoms with Crippen LogP contribution < -0.4 is 15.0 Å². The Morgan fingerprint density at radius 1 is 0.971 bits per heavy atom. The molecule has 0 spiro atoms. The highest BCUT2D eigenvalue weighted by atomic mass is 79.9. The van der Waals surface area contributed by atoms with Crippen molar-refractivity contribution < 1.29 is 24.0 Å². The van der Waals surface area contributed by atoms with Crippen LogP contribution in [0.2, 0.25) is 0 Å². The van der Waals surface area contributed by atoms with Crippen molar-refractivity contribution in [3.63, 3.8) is 0 Å². The smallest absolute Gasteiger partial charge is 0.335 e. The Morgan fingerprint density at radius 3 is 2.20 bits per heavy atom. The first-order chi connectivity index (χ1) is 16.7. The second kappa shape index (κ2) is 10.2. The molecule has 0 aromatic heterocycles. The van der Waals surface area contributed by atoms with Gasteiger partial charge in [-0.15, -0.1) is 0 Å². The summed E-state index contributed by atoms with van der Waals surface area (Å²) < 4.78 is 7.06. The molecular formula is C24H15Br2N3O6. The molecular weight excluding hydrogens is 586 g/mol. The van der Waals surface area contributed by atoms with Crippen LogP contribution >= 0.6 is 31.9 Å². The number of nitro benzene ring substituents is 1. The number of carbonyl (C=O) groups excluding carboxylic acids is 3. The quantitative estimate of drug-likeness (QED) is 0.176. The minimum atomic E-state index is -0.946. The zero-order chi connectivity index (χ0) is 25.1. The molecule has 1 aliphatic heterocycles. The highest BCUT2D eigenvalue weighted by Crippen LogP contribution is 2.36. The zero-order valence-corrected chi connectivity index (χ0v) is 20.9. The lowest BCUT2D eigenvalue weighted by Crippen LogP contribution is -2.54. The van der Waals surface area contributed by atoms with Crippen LogP contribution in [-0.2, 0) is 16.2 Å². The van der Waals surface area contributed by atoms with Crippen LogP contribution in [0.5, 0.6) is 5.75 Å². The Balaban J connectivity index is 1.61. The number of amides is 4. The Morgan fingerprint density at radius 2 is 1.60 bits per heavy atom. The third-order valence-corrected chi connectivity index (χ3v) is 6.16. The van der Waals surface area contributed by atoms with E-state index in [1.165, 1.54) is 18.2 Å². The second-order valence-corrected chi connectivity index (χ2v) is 9.03. The molecule has 0 aliphatic carbocycles. The number of nitrogens with one attached hydrogen (secondary N) is 1. The number of imide groups is 2. The molecule has 0 atom stereocenters. The van der Waals surface area contributed by atoms with Crippen molar-refractivity contribution in [3.8, 4) is 5.75 Å². The van der Waals surface area contributed by atoms with E-state index in [1.807, 2.05) is 30.3 Å². The van der Waals surface area contributed by atoms with Gasteiger partial charge in [0.05, 0.1) is 19.6 Å². The maximum Gasteiger partial charge on any atom is 0.335 e.